The Bertz CT molecular complexity index is 523. The van der Waals surface area contributed by atoms with Gasteiger partial charge in [0.15, 0.2) is 0 Å². The lowest BCUT2D eigenvalue weighted by molar-refractivity contribution is -0.123. The Morgan fingerprint density at radius 1 is 1.33 bits per heavy atom. The molecule has 116 valence electrons. The number of benzene rings is 1. The van der Waals surface area contributed by atoms with Crippen molar-refractivity contribution < 1.29 is 18.4 Å². The molecule has 1 aromatic carbocycles. The van der Waals surface area contributed by atoms with Crippen molar-refractivity contribution in [2.75, 3.05) is 6.54 Å². The molecule has 1 fully saturated rings. The van der Waals surface area contributed by atoms with Crippen LogP contribution < -0.4 is 16.4 Å². The molecule has 0 aliphatic carbocycles. The lowest BCUT2D eigenvalue weighted by Gasteiger charge is -2.11. The van der Waals surface area contributed by atoms with Crippen molar-refractivity contribution in [3.05, 3.63) is 35.4 Å². The van der Waals surface area contributed by atoms with Gasteiger partial charge >= 0.3 is 0 Å². The molecule has 1 atom stereocenters. The number of alkyl halides is 2. The molecule has 1 aliphatic rings. The van der Waals surface area contributed by atoms with Crippen LogP contribution in [0.2, 0.25) is 0 Å². The molecular weight excluding hydrogens is 304 g/mol. The van der Waals surface area contributed by atoms with Crippen molar-refractivity contribution in [2.24, 2.45) is 5.73 Å². The highest BCUT2D eigenvalue weighted by molar-refractivity contribution is 5.92. The molecule has 2 rings (SSSR count). The monoisotopic (exact) mass is 319 g/mol. The van der Waals surface area contributed by atoms with Crippen LogP contribution in [0.1, 0.15) is 22.3 Å². The largest absolute Gasteiger partial charge is 0.366 e. The van der Waals surface area contributed by atoms with E-state index in [0.29, 0.717) is 5.56 Å². The van der Waals surface area contributed by atoms with E-state index in [4.69, 9.17) is 5.73 Å². The number of rotatable bonds is 4. The summed E-state index contributed by atoms with van der Waals surface area (Å²) in [4.78, 5) is 22.6. The van der Waals surface area contributed by atoms with Crippen LogP contribution in [0.3, 0.4) is 0 Å². The van der Waals surface area contributed by atoms with Crippen LogP contribution in [-0.4, -0.2) is 30.3 Å². The molecular formula is C13H16ClF2N3O2. The van der Waals surface area contributed by atoms with Gasteiger partial charge in [0.25, 0.3) is 5.92 Å². The summed E-state index contributed by atoms with van der Waals surface area (Å²) in [6, 6.07) is 5.53. The molecule has 0 bridgehead atoms. The highest BCUT2D eigenvalue weighted by atomic mass is 35.5. The van der Waals surface area contributed by atoms with E-state index in [1.807, 2.05) is 0 Å². The molecule has 2 amide bonds. The third kappa shape index (κ3) is 4.64. The van der Waals surface area contributed by atoms with Crippen molar-refractivity contribution in [3.8, 4) is 0 Å². The molecule has 0 spiro atoms. The maximum Gasteiger partial charge on any atom is 0.262 e. The van der Waals surface area contributed by atoms with Crippen LogP contribution in [0.15, 0.2) is 24.3 Å². The van der Waals surface area contributed by atoms with Crippen molar-refractivity contribution in [2.45, 2.75) is 24.9 Å². The summed E-state index contributed by atoms with van der Waals surface area (Å²) in [6.45, 7) is -0.264. The fourth-order valence-electron chi connectivity index (χ4n) is 2.00. The Balaban J connectivity index is 0.00000220. The molecule has 1 saturated heterocycles. The van der Waals surface area contributed by atoms with Crippen molar-refractivity contribution in [3.63, 3.8) is 0 Å². The Kier molecular flexibility index (Phi) is 5.62. The summed E-state index contributed by atoms with van der Waals surface area (Å²) in [7, 11) is 0. The fourth-order valence-corrected chi connectivity index (χ4v) is 2.00. The second-order valence-electron chi connectivity index (χ2n) is 4.77. The van der Waals surface area contributed by atoms with Gasteiger partial charge in [0.1, 0.15) is 0 Å². The van der Waals surface area contributed by atoms with Crippen LogP contribution in [-0.2, 0) is 11.3 Å². The normalized spacial score (nSPS) is 19.6. The Labute approximate surface area is 126 Å². The first kappa shape index (κ1) is 17.3. The van der Waals surface area contributed by atoms with E-state index < -0.39 is 36.7 Å². The van der Waals surface area contributed by atoms with Crippen LogP contribution >= 0.6 is 12.4 Å². The third-order valence-corrected chi connectivity index (χ3v) is 3.13. The number of hydrogen-bond acceptors (Lipinski definition) is 3. The molecule has 1 aromatic rings. The second kappa shape index (κ2) is 6.82. The molecule has 1 unspecified atom stereocenters. The zero-order valence-electron chi connectivity index (χ0n) is 11.1. The van der Waals surface area contributed by atoms with Gasteiger partial charge in [0, 0.05) is 18.5 Å². The first-order valence-corrected chi connectivity index (χ1v) is 6.15. The topological polar surface area (TPSA) is 84.2 Å². The maximum atomic E-state index is 13.0. The molecule has 0 saturated carbocycles. The predicted octanol–water partition coefficient (Wildman–Crippen LogP) is 0.821. The van der Waals surface area contributed by atoms with E-state index in [-0.39, 0.29) is 19.0 Å². The van der Waals surface area contributed by atoms with E-state index >= 15 is 0 Å². The Hall–Kier alpha value is -1.73. The van der Waals surface area contributed by atoms with Gasteiger partial charge in [0.2, 0.25) is 11.8 Å². The van der Waals surface area contributed by atoms with E-state index in [1.165, 1.54) is 0 Å². The Morgan fingerprint density at radius 3 is 2.43 bits per heavy atom. The minimum atomic E-state index is -2.83. The van der Waals surface area contributed by atoms with E-state index in [1.54, 1.807) is 24.3 Å². The van der Waals surface area contributed by atoms with Gasteiger partial charge in [-0.25, -0.2) is 8.78 Å². The van der Waals surface area contributed by atoms with Gasteiger partial charge in [-0.05, 0) is 17.7 Å². The standard InChI is InChI=1S/C13H15F2N3O2.ClH/c14-13(15)5-10(18-7-13)12(20)17-6-8-1-3-9(4-2-8)11(16)19;/h1-4,10,18H,5-7H2,(H2,16,19)(H,17,20);1H. The lowest BCUT2D eigenvalue weighted by atomic mass is 10.1. The second-order valence-corrected chi connectivity index (χ2v) is 4.77. The molecule has 21 heavy (non-hydrogen) atoms. The number of halogens is 3. The first-order chi connectivity index (χ1) is 9.37. The summed E-state index contributed by atoms with van der Waals surface area (Å²) >= 11 is 0. The molecule has 1 aliphatic heterocycles. The van der Waals surface area contributed by atoms with E-state index in [2.05, 4.69) is 10.6 Å². The van der Waals surface area contributed by atoms with E-state index in [0.717, 1.165) is 5.56 Å². The van der Waals surface area contributed by atoms with Crippen LogP contribution in [0.5, 0.6) is 0 Å². The zero-order chi connectivity index (χ0) is 14.8. The van der Waals surface area contributed by atoms with Gasteiger partial charge < -0.3 is 11.1 Å². The quantitative estimate of drug-likeness (QED) is 0.768. The van der Waals surface area contributed by atoms with Crippen LogP contribution in [0.25, 0.3) is 0 Å². The number of hydrogen-bond donors (Lipinski definition) is 3. The van der Waals surface area contributed by atoms with Gasteiger partial charge in [-0.3, -0.25) is 14.9 Å². The first-order valence-electron chi connectivity index (χ1n) is 6.15. The number of carbonyl (C=O) groups is 2. The minimum Gasteiger partial charge on any atom is -0.366 e. The van der Waals surface area contributed by atoms with Gasteiger partial charge in [0.05, 0.1) is 12.6 Å². The van der Waals surface area contributed by atoms with Crippen molar-refractivity contribution >= 4 is 24.2 Å². The van der Waals surface area contributed by atoms with Crippen LogP contribution in [0, 0.1) is 0 Å². The molecule has 0 radical (unpaired) electrons. The highest BCUT2D eigenvalue weighted by Crippen LogP contribution is 2.25. The number of primary amides is 1. The molecule has 4 N–H and O–H groups in total. The lowest BCUT2D eigenvalue weighted by Crippen LogP contribution is -2.40. The van der Waals surface area contributed by atoms with Crippen molar-refractivity contribution in [1.82, 2.24) is 10.6 Å². The SMILES string of the molecule is Cl.NC(=O)c1ccc(CNC(=O)C2CC(F)(F)CN2)cc1. The Morgan fingerprint density at radius 2 is 1.95 bits per heavy atom. The third-order valence-electron chi connectivity index (χ3n) is 3.13. The summed E-state index contributed by atoms with van der Waals surface area (Å²) in [6.07, 6.45) is -0.487. The van der Waals surface area contributed by atoms with Crippen LogP contribution in [0.4, 0.5) is 8.78 Å². The molecule has 5 nitrogen and oxygen atoms in total. The number of nitrogens with two attached hydrogens (primary N) is 1. The summed E-state index contributed by atoms with van der Waals surface area (Å²) < 4.78 is 25.9. The number of amides is 2. The number of nitrogens with one attached hydrogen (secondary N) is 2. The van der Waals surface area contributed by atoms with Gasteiger partial charge in [-0.2, -0.15) is 0 Å². The maximum absolute atomic E-state index is 13.0. The fraction of sp³-hybridized carbons (Fsp3) is 0.385. The van der Waals surface area contributed by atoms with Gasteiger partial charge in [-0.15, -0.1) is 12.4 Å². The zero-order valence-corrected chi connectivity index (χ0v) is 11.9. The summed E-state index contributed by atoms with van der Waals surface area (Å²) in [5.41, 5.74) is 6.24. The van der Waals surface area contributed by atoms with E-state index in [9.17, 15) is 18.4 Å². The predicted molar refractivity (Wildman–Crippen MR) is 75.4 cm³/mol. The minimum absolute atomic E-state index is 0. The average Bonchev–Trinajstić information content (AvgIpc) is 2.77. The summed E-state index contributed by atoms with van der Waals surface area (Å²) in [5, 5.41) is 5.06. The molecule has 8 heteroatoms. The average molecular weight is 320 g/mol. The smallest absolute Gasteiger partial charge is 0.262 e. The molecule has 1 heterocycles. The van der Waals surface area contributed by atoms with Gasteiger partial charge in [-0.1, -0.05) is 12.1 Å². The van der Waals surface area contributed by atoms with Crippen molar-refractivity contribution in [1.29, 1.82) is 0 Å². The molecule has 0 aromatic heterocycles. The highest BCUT2D eigenvalue weighted by Gasteiger charge is 2.42. The number of carbonyl (C=O) groups excluding carboxylic acids is 2. The summed E-state index contributed by atoms with van der Waals surface area (Å²) in [5.74, 6) is -3.82.